The summed E-state index contributed by atoms with van der Waals surface area (Å²) >= 11 is 0. The second kappa shape index (κ2) is 5.07. The van der Waals surface area contributed by atoms with E-state index in [2.05, 4.69) is 87.6 Å². The molecule has 0 spiro atoms. The maximum atomic E-state index is 2.34. The average Bonchev–Trinajstić information content (AvgIpc) is 2.78. The van der Waals surface area contributed by atoms with E-state index in [1.807, 2.05) is 0 Å². The molecule has 23 heavy (non-hydrogen) atoms. The topological polar surface area (TPSA) is 0 Å². The molecule has 3 aromatic carbocycles. The summed E-state index contributed by atoms with van der Waals surface area (Å²) < 4.78 is 0.871. The van der Waals surface area contributed by atoms with E-state index in [0.717, 1.165) is 11.0 Å². The molecule has 3 aromatic rings. The van der Waals surface area contributed by atoms with Gasteiger partial charge in [-0.15, -0.1) is 0 Å². The SMILES string of the molecule is CC1=C(C)[N+](C)(Cc2ccccc2)c2ccc3ccccc3c21. The molecule has 0 N–H and O–H groups in total. The first kappa shape index (κ1) is 14.2. The van der Waals surface area contributed by atoms with Crippen molar-refractivity contribution in [2.75, 3.05) is 7.05 Å². The van der Waals surface area contributed by atoms with E-state index in [-0.39, 0.29) is 0 Å². The van der Waals surface area contributed by atoms with Crippen LogP contribution >= 0.6 is 0 Å². The quantitative estimate of drug-likeness (QED) is 0.529. The summed E-state index contributed by atoms with van der Waals surface area (Å²) in [5, 5.41) is 2.70. The first-order valence-electron chi connectivity index (χ1n) is 8.21. The van der Waals surface area contributed by atoms with Crippen LogP contribution in [0.3, 0.4) is 0 Å². The van der Waals surface area contributed by atoms with Crippen LogP contribution in [0.1, 0.15) is 25.0 Å². The predicted octanol–water partition coefficient (Wildman–Crippen LogP) is 5.74. The monoisotopic (exact) mass is 300 g/mol. The van der Waals surface area contributed by atoms with Crippen molar-refractivity contribution in [1.82, 2.24) is 4.48 Å². The smallest absolute Gasteiger partial charge is 0.146 e. The van der Waals surface area contributed by atoms with Crippen LogP contribution in [-0.4, -0.2) is 7.05 Å². The van der Waals surface area contributed by atoms with Crippen LogP contribution in [0, 0.1) is 0 Å². The Morgan fingerprint density at radius 2 is 1.48 bits per heavy atom. The molecule has 1 unspecified atom stereocenters. The molecule has 1 aliphatic heterocycles. The molecule has 1 nitrogen and oxygen atoms in total. The zero-order valence-corrected chi connectivity index (χ0v) is 14.0. The third kappa shape index (κ3) is 2.04. The number of allylic oxidation sites excluding steroid dienone is 2. The Hall–Kier alpha value is -2.38. The molecular weight excluding hydrogens is 278 g/mol. The Balaban J connectivity index is 1.94. The van der Waals surface area contributed by atoms with E-state index < -0.39 is 0 Å². The van der Waals surface area contributed by atoms with Crippen molar-refractivity contribution in [3.8, 4) is 0 Å². The molecule has 0 fully saturated rings. The van der Waals surface area contributed by atoms with Crippen molar-refractivity contribution in [3.63, 3.8) is 0 Å². The number of rotatable bonds is 2. The largest absolute Gasteiger partial charge is 0.260 e. The molecule has 4 rings (SSSR count). The number of nitrogens with zero attached hydrogens (tertiary/aromatic N) is 1. The van der Waals surface area contributed by atoms with E-state index in [9.17, 15) is 0 Å². The van der Waals surface area contributed by atoms with Gasteiger partial charge in [0.1, 0.15) is 17.9 Å². The van der Waals surface area contributed by atoms with Gasteiger partial charge in [0.2, 0.25) is 0 Å². The molecule has 1 heteroatoms. The molecule has 0 radical (unpaired) electrons. The Labute approximate surface area is 138 Å². The Morgan fingerprint density at radius 1 is 0.783 bits per heavy atom. The molecule has 1 aliphatic rings. The first-order chi connectivity index (χ1) is 11.1. The lowest BCUT2D eigenvalue weighted by atomic mass is 9.99. The molecular formula is C22H22N+. The van der Waals surface area contributed by atoms with Gasteiger partial charge in [0.25, 0.3) is 0 Å². The summed E-state index contributed by atoms with van der Waals surface area (Å²) in [4.78, 5) is 0. The van der Waals surface area contributed by atoms with Gasteiger partial charge in [0.05, 0.1) is 12.6 Å². The van der Waals surface area contributed by atoms with Gasteiger partial charge in [-0.3, -0.25) is 4.48 Å². The molecule has 0 aromatic heterocycles. The fourth-order valence-corrected chi connectivity index (χ4v) is 3.95. The number of quaternary nitrogens is 1. The summed E-state index contributed by atoms with van der Waals surface area (Å²) in [5.74, 6) is 0. The summed E-state index contributed by atoms with van der Waals surface area (Å²) in [7, 11) is 2.34. The van der Waals surface area contributed by atoms with Gasteiger partial charge in [0, 0.05) is 24.1 Å². The van der Waals surface area contributed by atoms with E-state index in [0.29, 0.717) is 0 Å². The maximum absolute atomic E-state index is 2.34. The first-order valence-corrected chi connectivity index (χ1v) is 8.21. The number of benzene rings is 3. The van der Waals surface area contributed by atoms with Crippen molar-refractivity contribution < 1.29 is 0 Å². The highest BCUT2D eigenvalue weighted by Gasteiger charge is 2.39. The summed E-state index contributed by atoms with van der Waals surface area (Å²) in [6, 6.07) is 24.1. The van der Waals surface area contributed by atoms with E-state index in [4.69, 9.17) is 0 Å². The number of hydrogen-bond acceptors (Lipinski definition) is 0. The maximum Gasteiger partial charge on any atom is 0.146 e. The van der Waals surface area contributed by atoms with Gasteiger partial charge in [-0.2, -0.15) is 0 Å². The van der Waals surface area contributed by atoms with Crippen LogP contribution in [0.15, 0.2) is 72.4 Å². The molecule has 0 saturated carbocycles. The highest BCUT2D eigenvalue weighted by atomic mass is 15.4. The van der Waals surface area contributed by atoms with Crippen LogP contribution in [0.5, 0.6) is 0 Å². The fraction of sp³-hybridized carbons (Fsp3) is 0.182. The third-order valence-corrected chi connectivity index (χ3v) is 5.44. The summed E-state index contributed by atoms with van der Waals surface area (Å²) in [5.41, 5.74) is 7.10. The zero-order valence-electron chi connectivity index (χ0n) is 14.0. The van der Waals surface area contributed by atoms with Gasteiger partial charge in [0.15, 0.2) is 0 Å². The minimum atomic E-state index is 0.871. The molecule has 0 saturated heterocycles. The van der Waals surface area contributed by atoms with Crippen LogP contribution in [0.25, 0.3) is 16.3 Å². The van der Waals surface area contributed by atoms with Gasteiger partial charge in [-0.25, -0.2) is 0 Å². The molecule has 1 atom stereocenters. The minimum absolute atomic E-state index is 0.871. The Bertz CT molecular complexity index is 921. The predicted molar refractivity (Wildman–Crippen MR) is 100 cm³/mol. The van der Waals surface area contributed by atoms with Crippen molar-refractivity contribution in [2.24, 2.45) is 0 Å². The van der Waals surface area contributed by atoms with Crippen LogP contribution < -0.4 is 4.48 Å². The van der Waals surface area contributed by atoms with Crippen molar-refractivity contribution >= 4 is 22.0 Å². The fourth-order valence-electron chi connectivity index (χ4n) is 3.95. The lowest BCUT2D eigenvalue weighted by molar-refractivity contribution is 0.411. The normalized spacial score (nSPS) is 20.1. The molecule has 114 valence electrons. The van der Waals surface area contributed by atoms with Crippen molar-refractivity contribution in [2.45, 2.75) is 20.4 Å². The molecule has 0 amide bonds. The molecule has 1 heterocycles. The van der Waals surface area contributed by atoms with E-state index in [1.165, 1.54) is 38.9 Å². The van der Waals surface area contributed by atoms with Gasteiger partial charge in [-0.1, -0.05) is 54.6 Å². The van der Waals surface area contributed by atoms with Gasteiger partial charge in [-0.05, 0) is 23.8 Å². The second-order valence-electron chi connectivity index (χ2n) is 6.73. The zero-order chi connectivity index (χ0) is 16.0. The molecule has 0 aliphatic carbocycles. The van der Waals surface area contributed by atoms with Crippen molar-refractivity contribution in [1.29, 1.82) is 0 Å². The lowest BCUT2D eigenvalue weighted by Gasteiger charge is -2.31. The Kier molecular flexibility index (Phi) is 3.14. The Morgan fingerprint density at radius 3 is 2.26 bits per heavy atom. The van der Waals surface area contributed by atoms with Crippen LogP contribution in [0.4, 0.5) is 5.69 Å². The van der Waals surface area contributed by atoms with E-state index in [1.54, 1.807) is 0 Å². The third-order valence-electron chi connectivity index (χ3n) is 5.44. The van der Waals surface area contributed by atoms with Crippen molar-refractivity contribution in [3.05, 3.63) is 83.6 Å². The summed E-state index contributed by atoms with van der Waals surface area (Å²) in [6.45, 7) is 5.55. The van der Waals surface area contributed by atoms with Crippen LogP contribution in [-0.2, 0) is 6.54 Å². The summed E-state index contributed by atoms with van der Waals surface area (Å²) in [6.07, 6.45) is 0. The lowest BCUT2D eigenvalue weighted by Crippen LogP contribution is -2.40. The standard InChI is InChI=1S/C22H22N/c1-16-17(2)23(3,15-18-9-5-4-6-10-18)21-14-13-19-11-7-8-12-20(19)22(16)21/h4-14H,15H2,1-3H3/q+1. The highest BCUT2D eigenvalue weighted by Crippen LogP contribution is 2.47. The molecule has 0 bridgehead atoms. The van der Waals surface area contributed by atoms with Crippen LogP contribution in [0.2, 0.25) is 0 Å². The number of hydrogen-bond donors (Lipinski definition) is 0. The second-order valence-corrected chi connectivity index (χ2v) is 6.73. The van der Waals surface area contributed by atoms with Gasteiger partial charge < -0.3 is 0 Å². The van der Waals surface area contributed by atoms with Gasteiger partial charge >= 0.3 is 0 Å². The average molecular weight is 300 g/mol. The number of fused-ring (bicyclic) bond motifs is 3. The minimum Gasteiger partial charge on any atom is -0.260 e. The van der Waals surface area contributed by atoms with E-state index >= 15 is 0 Å². The highest BCUT2D eigenvalue weighted by molar-refractivity contribution is 6.02.